The van der Waals surface area contributed by atoms with Crippen molar-refractivity contribution in [1.29, 1.82) is 0 Å². The highest BCUT2D eigenvalue weighted by Crippen LogP contribution is 2.30. The van der Waals surface area contributed by atoms with Crippen molar-refractivity contribution >= 4 is 34.0 Å². The summed E-state index contributed by atoms with van der Waals surface area (Å²) in [5.74, 6) is 0.0925. The van der Waals surface area contributed by atoms with Gasteiger partial charge in [0.2, 0.25) is 0 Å². The quantitative estimate of drug-likeness (QED) is 0.601. The van der Waals surface area contributed by atoms with Crippen LogP contribution in [0.25, 0.3) is 10.1 Å². The number of aryl methyl sites for hydroxylation is 1. The summed E-state index contributed by atoms with van der Waals surface area (Å²) in [5.41, 5.74) is 0.317. The first-order valence-electron chi connectivity index (χ1n) is 4.17. The lowest BCUT2D eigenvalue weighted by atomic mass is 9.80. The van der Waals surface area contributed by atoms with Crippen LogP contribution in [0.2, 0.25) is 0 Å². The average Bonchev–Trinajstić information content (AvgIpc) is 2.45. The van der Waals surface area contributed by atoms with E-state index < -0.39 is 7.12 Å². The number of thiophene rings is 1. The number of fused-ring (bicyclic) bond motifs is 1. The van der Waals surface area contributed by atoms with Crippen molar-refractivity contribution in [3.8, 4) is 5.75 Å². The maximum absolute atomic E-state index is 9.60. The second kappa shape index (κ2) is 3.27. The third-order valence-electron chi connectivity index (χ3n) is 2.06. The third kappa shape index (κ3) is 1.50. The molecule has 1 aromatic carbocycles. The number of rotatable bonds is 1. The first kappa shape index (κ1) is 9.52. The molecule has 0 unspecified atom stereocenters. The minimum Gasteiger partial charge on any atom is -0.507 e. The van der Waals surface area contributed by atoms with E-state index >= 15 is 0 Å². The van der Waals surface area contributed by atoms with Gasteiger partial charge in [-0.2, -0.15) is 0 Å². The first-order chi connectivity index (χ1) is 6.58. The minimum atomic E-state index is -1.53. The van der Waals surface area contributed by atoms with Crippen LogP contribution < -0.4 is 5.46 Å². The zero-order valence-corrected chi connectivity index (χ0v) is 8.38. The van der Waals surface area contributed by atoms with E-state index in [2.05, 4.69) is 0 Å². The summed E-state index contributed by atoms with van der Waals surface area (Å²) in [5, 5.41) is 28.3. The van der Waals surface area contributed by atoms with E-state index in [0.717, 1.165) is 15.0 Å². The summed E-state index contributed by atoms with van der Waals surface area (Å²) in [7, 11) is -1.53. The van der Waals surface area contributed by atoms with Gasteiger partial charge in [-0.05, 0) is 30.6 Å². The Morgan fingerprint density at radius 3 is 2.57 bits per heavy atom. The van der Waals surface area contributed by atoms with Gasteiger partial charge in [0, 0.05) is 15.0 Å². The first-order valence-corrected chi connectivity index (χ1v) is 4.99. The highest BCUT2D eigenvalue weighted by molar-refractivity contribution is 7.19. The maximum Gasteiger partial charge on any atom is 0.488 e. The molecule has 14 heavy (non-hydrogen) atoms. The average molecular weight is 208 g/mol. The lowest BCUT2D eigenvalue weighted by Crippen LogP contribution is -2.29. The van der Waals surface area contributed by atoms with E-state index in [1.54, 1.807) is 6.07 Å². The van der Waals surface area contributed by atoms with Crippen LogP contribution >= 0.6 is 11.3 Å². The van der Waals surface area contributed by atoms with Crippen molar-refractivity contribution in [2.45, 2.75) is 6.92 Å². The van der Waals surface area contributed by atoms with Crippen molar-refractivity contribution in [3.05, 3.63) is 23.1 Å². The zero-order chi connectivity index (χ0) is 10.3. The molecular formula is C9H9BO3S. The van der Waals surface area contributed by atoms with E-state index in [1.807, 2.05) is 13.0 Å². The van der Waals surface area contributed by atoms with Gasteiger partial charge in [-0.3, -0.25) is 0 Å². The lowest BCUT2D eigenvalue weighted by Gasteiger charge is -2.01. The summed E-state index contributed by atoms with van der Waals surface area (Å²) in [6, 6.07) is 4.93. The molecule has 0 fully saturated rings. The Bertz CT molecular complexity index is 478. The fourth-order valence-corrected chi connectivity index (χ4v) is 2.41. The topological polar surface area (TPSA) is 60.7 Å². The Morgan fingerprint density at radius 1 is 1.21 bits per heavy atom. The molecule has 0 saturated carbocycles. The summed E-state index contributed by atoms with van der Waals surface area (Å²) >= 11 is 1.52. The Morgan fingerprint density at radius 2 is 1.93 bits per heavy atom. The summed E-state index contributed by atoms with van der Waals surface area (Å²) in [6.07, 6.45) is 0. The van der Waals surface area contributed by atoms with Crippen LogP contribution in [0.1, 0.15) is 4.88 Å². The fourth-order valence-electron chi connectivity index (χ4n) is 1.42. The summed E-state index contributed by atoms with van der Waals surface area (Å²) < 4.78 is 0.866. The molecule has 0 saturated heterocycles. The van der Waals surface area contributed by atoms with Crippen LogP contribution in [0, 0.1) is 6.92 Å². The molecule has 0 aliphatic carbocycles. The fraction of sp³-hybridized carbons (Fsp3) is 0.111. The molecular weight excluding hydrogens is 199 g/mol. The van der Waals surface area contributed by atoms with Crippen molar-refractivity contribution in [1.82, 2.24) is 0 Å². The van der Waals surface area contributed by atoms with E-state index in [4.69, 9.17) is 10.0 Å². The van der Waals surface area contributed by atoms with Crippen molar-refractivity contribution in [2.75, 3.05) is 0 Å². The van der Waals surface area contributed by atoms with E-state index in [9.17, 15) is 5.11 Å². The summed E-state index contributed by atoms with van der Waals surface area (Å²) in [4.78, 5) is 1.08. The van der Waals surface area contributed by atoms with Gasteiger partial charge in [0.25, 0.3) is 0 Å². The van der Waals surface area contributed by atoms with Crippen LogP contribution in [0.3, 0.4) is 0 Å². The van der Waals surface area contributed by atoms with Gasteiger partial charge in [0.15, 0.2) is 0 Å². The highest BCUT2D eigenvalue weighted by atomic mass is 32.1. The molecule has 1 heterocycles. The van der Waals surface area contributed by atoms with Crippen LogP contribution in [-0.2, 0) is 0 Å². The Kier molecular flexibility index (Phi) is 2.22. The summed E-state index contributed by atoms with van der Waals surface area (Å²) in [6.45, 7) is 1.94. The number of benzene rings is 1. The maximum atomic E-state index is 9.60. The van der Waals surface area contributed by atoms with Gasteiger partial charge >= 0.3 is 7.12 Å². The van der Waals surface area contributed by atoms with Gasteiger partial charge in [0.05, 0.1) is 0 Å². The molecule has 0 spiro atoms. The number of phenols is 1. The molecule has 5 heteroatoms. The third-order valence-corrected chi connectivity index (χ3v) is 3.06. The largest absolute Gasteiger partial charge is 0.507 e. The molecule has 0 aliphatic heterocycles. The molecule has 1 aromatic heterocycles. The molecule has 2 rings (SSSR count). The van der Waals surface area contributed by atoms with Crippen LogP contribution in [0.4, 0.5) is 0 Å². The van der Waals surface area contributed by atoms with E-state index in [1.165, 1.54) is 17.4 Å². The standard InChI is InChI=1S/C9H9BO3S/c1-5-2-7-8(11)3-6(10(12)13)4-9(7)14-5/h2-4,11-13H,1H3. The molecule has 72 valence electrons. The van der Waals surface area contributed by atoms with Gasteiger partial charge in [-0.15, -0.1) is 11.3 Å². The van der Waals surface area contributed by atoms with Gasteiger partial charge in [-0.25, -0.2) is 0 Å². The molecule has 0 bridgehead atoms. The van der Waals surface area contributed by atoms with Crippen LogP contribution in [0.15, 0.2) is 18.2 Å². The number of phenolic OH excluding ortho intramolecular Hbond substituents is 1. The molecule has 2 aromatic rings. The minimum absolute atomic E-state index is 0.0925. The monoisotopic (exact) mass is 208 g/mol. The number of aromatic hydroxyl groups is 1. The second-order valence-electron chi connectivity index (χ2n) is 3.18. The van der Waals surface area contributed by atoms with Crippen molar-refractivity contribution in [2.24, 2.45) is 0 Å². The predicted octanol–water partition coefficient (Wildman–Crippen LogP) is 0.595. The molecule has 3 N–H and O–H groups in total. The predicted molar refractivity (Wildman–Crippen MR) is 58.1 cm³/mol. The molecule has 0 atom stereocenters. The van der Waals surface area contributed by atoms with Gasteiger partial charge < -0.3 is 15.2 Å². The molecule has 0 amide bonds. The van der Waals surface area contributed by atoms with E-state index in [0.29, 0.717) is 5.46 Å². The number of hydrogen-bond acceptors (Lipinski definition) is 4. The van der Waals surface area contributed by atoms with E-state index in [-0.39, 0.29) is 5.75 Å². The van der Waals surface area contributed by atoms with Gasteiger partial charge in [0.1, 0.15) is 5.75 Å². The van der Waals surface area contributed by atoms with Gasteiger partial charge in [-0.1, -0.05) is 0 Å². The Labute approximate surface area is 85.4 Å². The second-order valence-corrected chi connectivity index (χ2v) is 4.47. The van der Waals surface area contributed by atoms with Crippen LogP contribution in [-0.4, -0.2) is 22.3 Å². The Hall–Kier alpha value is -1.04. The molecule has 0 aliphatic rings. The smallest absolute Gasteiger partial charge is 0.488 e. The Balaban J connectivity index is 2.71. The normalized spacial score (nSPS) is 10.8. The van der Waals surface area contributed by atoms with Crippen molar-refractivity contribution < 1.29 is 15.2 Å². The molecule has 3 nitrogen and oxygen atoms in total. The van der Waals surface area contributed by atoms with Crippen molar-refractivity contribution in [3.63, 3.8) is 0 Å². The molecule has 0 radical (unpaired) electrons. The SMILES string of the molecule is Cc1cc2c(O)cc(B(O)O)cc2s1. The van der Waals surface area contributed by atoms with Crippen LogP contribution in [0.5, 0.6) is 5.75 Å². The number of hydrogen-bond donors (Lipinski definition) is 3. The highest BCUT2D eigenvalue weighted by Gasteiger charge is 2.14. The zero-order valence-electron chi connectivity index (χ0n) is 7.56. The lowest BCUT2D eigenvalue weighted by molar-refractivity contribution is 0.425.